The van der Waals surface area contributed by atoms with Crippen molar-refractivity contribution in [3.8, 4) is 39.1 Å². The quantitative estimate of drug-likeness (QED) is 0.192. The second kappa shape index (κ2) is 9.06. The first kappa shape index (κ1) is 25.5. The van der Waals surface area contributed by atoms with Gasteiger partial charge in [0.2, 0.25) is 0 Å². The molecule has 0 radical (unpaired) electrons. The number of aromatic nitrogens is 1. The molecule has 0 N–H and O–H groups in total. The van der Waals surface area contributed by atoms with Crippen LogP contribution in [0.4, 0.5) is 0 Å². The van der Waals surface area contributed by atoms with Crippen LogP contribution in [0.3, 0.4) is 0 Å². The Hall–Kier alpha value is -6.58. The number of furan rings is 2. The number of para-hydroxylation sites is 2. The Labute approximate surface area is 279 Å². The lowest BCUT2D eigenvalue weighted by Gasteiger charge is -2.10. The molecular weight excluding hydrogens is 599 g/mol. The maximum atomic E-state index is 6.46. The fourth-order valence-corrected chi connectivity index (χ4v) is 8.67. The van der Waals surface area contributed by atoms with Gasteiger partial charge >= 0.3 is 0 Å². The molecule has 226 valence electrons. The van der Waals surface area contributed by atoms with E-state index in [-0.39, 0.29) is 0 Å². The molecule has 1 aliphatic rings. The van der Waals surface area contributed by atoms with Gasteiger partial charge in [0.15, 0.2) is 0 Å². The van der Waals surface area contributed by atoms with Crippen LogP contribution in [0, 0.1) is 0 Å². The molecule has 0 fully saturated rings. The molecule has 12 rings (SSSR count). The smallest absolute Gasteiger partial charge is 0.137 e. The lowest BCUT2D eigenvalue weighted by Crippen LogP contribution is -1.94. The lowest BCUT2D eigenvalue weighted by molar-refractivity contribution is 0.668. The Morgan fingerprint density at radius 3 is 1.88 bits per heavy atom. The van der Waals surface area contributed by atoms with Gasteiger partial charge < -0.3 is 13.4 Å². The minimum absolute atomic E-state index is 0.881. The van der Waals surface area contributed by atoms with Crippen molar-refractivity contribution in [2.45, 2.75) is 0 Å². The van der Waals surface area contributed by atoms with Crippen molar-refractivity contribution in [3.63, 3.8) is 0 Å². The Balaban J connectivity index is 1.11. The van der Waals surface area contributed by atoms with Gasteiger partial charge in [-0.3, -0.25) is 0 Å². The molecule has 0 spiro atoms. The van der Waals surface area contributed by atoms with Gasteiger partial charge in [0.1, 0.15) is 22.3 Å². The zero-order valence-electron chi connectivity index (χ0n) is 26.2. The van der Waals surface area contributed by atoms with E-state index in [1.807, 2.05) is 6.07 Å². The van der Waals surface area contributed by atoms with E-state index in [0.717, 1.165) is 60.6 Å². The minimum atomic E-state index is 0.881. The molecule has 0 atom stereocenters. The average molecular weight is 624 g/mol. The molecule has 0 unspecified atom stereocenters. The van der Waals surface area contributed by atoms with E-state index >= 15 is 0 Å². The zero-order chi connectivity index (χ0) is 31.8. The largest absolute Gasteiger partial charge is 0.456 e. The molecular formula is C46H25NO2. The van der Waals surface area contributed by atoms with Gasteiger partial charge in [0, 0.05) is 32.6 Å². The third kappa shape index (κ3) is 3.26. The van der Waals surface area contributed by atoms with Gasteiger partial charge in [-0.05, 0) is 98.8 Å². The third-order valence-corrected chi connectivity index (χ3v) is 10.7. The summed E-state index contributed by atoms with van der Waals surface area (Å²) < 4.78 is 15.2. The monoisotopic (exact) mass is 623 g/mol. The summed E-state index contributed by atoms with van der Waals surface area (Å²) in [7, 11) is 0. The van der Waals surface area contributed by atoms with Crippen molar-refractivity contribution in [1.29, 1.82) is 0 Å². The zero-order valence-corrected chi connectivity index (χ0v) is 26.2. The van der Waals surface area contributed by atoms with Gasteiger partial charge in [0.05, 0.1) is 16.4 Å². The maximum Gasteiger partial charge on any atom is 0.137 e. The van der Waals surface area contributed by atoms with Crippen molar-refractivity contribution in [1.82, 2.24) is 4.57 Å². The second-order valence-electron chi connectivity index (χ2n) is 13.2. The maximum absolute atomic E-state index is 6.46. The van der Waals surface area contributed by atoms with E-state index in [1.165, 1.54) is 54.9 Å². The fraction of sp³-hybridized carbons (Fsp3) is 0. The predicted molar refractivity (Wildman–Crippen MR) is 203 cm³/mol. The molecule has 11 aromatic rings. The van der Waals surface area contributed by atoms with E-state index < -0.39 is 0 Å². The molecule has 49 heavy (non-hydrogen) atoms. The van der Waals surface area contributed by atoms with Crippen LogP contribution >= 0.6 is 0 Å². The topological polar surface area (TPSA) is 31.2 Å². The van der Waals surface area contributed by atoms with Crippen LogP contribution in [0.25, 0.3) is 116 Å². The molecule has 0 saturated carbocycles. The SMILES string of the molecule is c1ccc2c(c1)-c1cccc3c(-c4ccc5oc6ccc(-n7c8ccccc8c8ccc9oc%10ccccc%10c9c87)cc6c5c4)ccc-2c13. The number of fused-ring (bicyclic) bond motifs is 13. The van der Waals surface area contributed by atoms with Crippen LogP contribution in [0.15, 0.2) is 160 Å². The van der Waals surface area contributed by atoms with E-state index in [1.54, 1.807) is 0 Å². The average Bonchev–Trinajstić information content (AvgIpc) is 3.90. The van der Waals surface area contributed by atoms with Crippen LogP contribution < -0.4 is 0 Å². The molecule has 3 nitrogen and oxygen atoms in total. The fourth-order valence-electron chi connectivity index (χ4n) is 8.67. The molecule has 1 aliphatic carbocycles. The first-order valence-corrected chi connectivity index (χ1v) is 16.8. The van der Waals surface area contributed by atoms with Gasteiger partial charge in [-0.15, -0.1) is 0 Å². The summed E-state index contributed by atoms with van der Waals surface area (Å²) >= 11 is 0. The summed E-state index contributed by atoms with van der Waals surface area (Å²) in [6.07, 6.45) is 0. The van der Waals surface area contributed by atoms with Crippen molar-refractivity contribution in [3.05, 3.63) is 152 Å². The van der Waals surface area contributed by atoms with Crippen molar-refractivity contribution in [2.75, 3.05) is 0 Å². The number of hydrogen-bond acceptors (Lipinski definition) is 2. The highest BCUT2D eigenvalue weighted by molar-refractivity contribution is 6.25. The number of nitrogens with zero attached hydrogens (tertiary/aromatic N) is 1. The van der Waals surface area contributed by atoms with Crippen molar-refractivity contribution < 1.29 is 8.83 Å². The molecule has 0 saturated heterocycles. The molecule has 3 aromatic heterocycles. The molecule has 0 aliphatic heterocycles. The molecule has 0 amide bonds. The summed E-state index contributed by atoms with van der Waals surface area (Å²) in [5.41, 5.74) is 14.7. The number of benzene rings is 8. The van der Waals surface area contributed by atoms with E-state index in [4.69, 9.17) is 8.83 Å². The Bertz CT molecular complexity index is 3190. The summed E-state index contributed by atoms with van der Waals surface area (Å²) in [4.78, 5) is 0. The van der Waals surface area contributed by atoms with Gasteiger partial charge in [-0.2, -0.15) is 0 Å². The van der Waals surface area contributed by atoms with Crippen LogP contribution in [0.5, 0.6) is 0 Å². The summed E-state index contributed by atoms with van der Waals surface area (Å²) in [6.45, 7) is 0. The standard InChI is InChI=1S/C46H25NO2/c1-2-9-30-29(8-1)33-13-7-12-32-28(18-19-34(30)44(32)33)26-16-21-41-37(24-26)38-25-27(17-22-42(38)48-41)47-39-14-5-3-10-31(39)35-20-23-43-45(46(35)47)36-11-4-6-15-40(36)49-43/h1-25H. The highest BCUT2D eigenvalue weighted by Gasteiger charge is 2.23. The van der Waals surface area contributed by atoms with Crippen LogP contribution in [0.2, 0.25) is 0 Å². The Morgan fingerprint density at radius 1 is 0.347 bits per heavy atom. The number of hydrogen-bond donors (Lipinski definition) is 0. The van der Waals surface area contributed by atoms with Crippen LogP contribution in [-0.2, 0) is 0 Å². The molecule has 3 heteroatoms. The van der Waals surface area contributed by atoms with E-state index in [0.29, 0.717) is 0 Å². The number of rotatable bonds is 2. The normalized spacial score (nSPS) is 12.5. The van der Waals surface area contributed by atoms with E-state index in [2.05, 4.69) is 150 Å². The Kier molecular flexibility index (Phi) is 4.72. The van der Waals surface area contributed by atoms with E-state index in [9.17, 15) is 0 Å². The highest BCUT2D eigenvalue weighted by Crippen LogP contribution is 2.49. The van der Waals surface area contributed by atoms with Crippen LogP contribution in [0.1, 0.15) is 0 Å². The molecule has 0 bridgehead atoms. The van der Waals surface area contributed by atoms with Gasteiger partial charge in [-0.25, -0.2) is 0 Å². The first-order valence-electron chi connectivity index (χ1n) is 16.8. The molecule has 8 aromatic carbocycles. The van der Waals surface area contributed by atoms with Gasteiger partial charge in [-0.1, -0.05) is 97.1 Å². The summed E-state index contributed by atoms with van der Waals surface area (Å²) in [6, 6.07) is 54.6. The predicted octanol–water partition coefficient (Wildman–Crippen LogP) is 13.1. The third-order valence-electron chi connectivity index (χ3n) is 10.7. The summed E-state index contributed by atoms with van der Waals surface area (Å²) in [5, 5.41) is 9.52. The molecule has 3 heterocycles. The first-order chi connectivity index (χ1) is 24.3. The Morgan fingerprint density at radius 2 is 0.980 bits per heavy atom. The van der Waals surface area contributed by atoms with Gasteiger partial charge in [0.25, 0.3) is 0 Å². The summed E-state index contributed by atoms with van der Waals surface area (Å²) in [5.74, 6) is 0. The lowest BCUT2D eigenvalue weighted by atomic mass is 9.93. The van der Waals surface area contributed by atoms with Crippen molar-refractivity contribution >= 4 is 76.5 Å². The van der Waals surface area contributed by atoms with Crippen molar-refractivity contribution in [2.24, 2.45) is 0 Å². The highest BCUT2D eigenvalue weighted by atomic mass is 16.3. The minimum Gasteiger partial charge on any atom is -0.456 e. The second-order valence-corrected chi connectivity index (χ2v) is 13.2. The van der Waals surface area contributed by atoms with Crippen LogP contribution in [-0.4, -0.2) is 4.57 Å².